The molecule has 0 N–H and O–H groups in total. The molecule has 33 heavy (non-hydrogen) atoms. The van der Waals surface area contributed by atoms with Gasteiger partial charge >= 0.3 is 218 Å². The van der Waals surface area contributed by atoms with Gasteiger partial charge in [0.2, 0.25) is 0 Å². The summed E-state index contributed by atoms with van der Waals surface area (Å²) in [7, 11) is 0. The first-order chi connectivity index (χ1) is 16.0. The van der Waals surface area contributed by atoms with Crippen LogP contribution in [0.2, 0.25) is 17.7 Å². The predicted molar refractivity (Wildman–Crippen MR) is 158 cm³/mol. The van der Waals surface area contributed by atoms with Gasteiger partial charge in [0, 0.05) is 0 Å². The van der Waals surface area contributed by atoms with Crippen molar-refractivity contribution in [2.24, 2.45) is 11.8 Å². The van der Waals surface area contributed by atoms with Gasteiger partial charge in [0.1, 0.15) is 0 Å². The first-order valence-electron chi connectivity index (χ1n) is 16.0. The Labute approximate surface area is 217 Å². The van der Waals surface area contributed by atoms with E-state index < -0.39 is 18.4 Å². The third-order valence-corrected chi connectivity index (χ3v) is 25.5. The van der Waals surface area contributed by atoms with Gasteiger partial charge in [0.15, 0.2) is 0 Å². The van der Waals surface area contributed by atoms with Crippen molar-refractivity contribution in [3.8, 4) is 0 Å². The van der Waals surface area contributed by atoms with E-state index >= 15 is 0 Å². The van der Waals surface area contributed by atoms with E-state index in [-0.39, 0.29) is 0 Å². The van der Waals surface area contributed by atoms with Gasteiger partial charge in [-0.25, -0.2) is 0 Å². The Morgan fingerprint density at radius 1 is 0.364 bits per heavy atom. The van der Waals surface area contributed by atoms with Gasteiger partial charge in [-0.3, -0.25) is 0 Å². The normalized spacial score (nSPS) is 12.4. The summed E-state index contributed by atoms with van der Waals surface area (Å²) in [5, 5.41) is 0. The molecule has 0 radical (unpaired) electrons. The van der Waals surface area contributed by atoms with Crippen molar-refractivity contribution in [3.05, 3.63) is 0 Å². The van der Waals surface area contributed by atoms with Gasteiger partial charge < -0.3 is 0 Å². The maximum atomic E-state index is 2.52. The van der Waals surface area contributed by atoms with Crippen molar-refractivity contribution >= 4 is 18.4 Å². The molecule has 0 fully saturated rings. The molecule has 0 spiro atoms. The van der Waals surface area contributed by atoms with Crippen molar-refractivity contribution in [3.63, 3.8) is 0 Å². The van der Waals surface area contributed by atoms with Crippen molar-refractivity contribution < 1.29 is 0 Å². The zero-order valence-electron chi connectivity index (χ0n) is 24.6. The Morgan fingerprint density at radius 2 is 0.606 bits per heavy atom. The zero-order valence-corrected chi connectivity index (χ0v) is 27.5. The van der Waals surface area contributed by atoms with E-state index in [0.717, 1.165) is 11.8 Å². The first kappa shape index (κ1) is 33.8. The molecule has 0 aromatic rings. The van der Waals surface area contributed by atoms with E-state index in [9.17, 15) is 0 Å². The van der Waals surface area contributed by atoms with Crippen LogP contribution in [0.25, 0.3) is 0 Å². The van der Waals surface area contributed by atoms with Crippen LogP contribution < -0.4 is 0 Å². The average molecular weight is 572 g/mol. The van der Waals surface area contributed by atoms with Gasteiger partial charge in [-0.05, 0) is 0 Å². The molecule has 0 unspecified atom stereocenters. The second-order valence-electron chi connectivity index (χ2n) is 12.6. The summed E-state index contributed by atoms with van der Waals surface area (Å²) in [6.07, 6.45) is 29.7. The summed E-state index contributed by atoms with van der Waals surface area (Å²) in [5.41, 5.74) is 0. The van der Waals surface area contributed by atoms with Crippen molar-refractivity contribution in [1.82, 2.24) is 0 Å². The molecule has 1 heteroatoms. The Bertz CT molecular complexity index is 337. The third-order valence-electron chi connectivity index (χ3n) is 7.80. The fourth-order valence-electron chi connectivity index (χ4n) is 6.32. The molecule has 0 aliphatic carbocycles. The second kappa shape index (κ2) is 24.5. The Hall–Kier alpha value is 0.799. The van der Waals surface area contributed by atoms with Gasteiger partial charge in [-0.2, -0.15) is 0 Å². The topological polar surface area (TPSA) is 0 Å². The molecular weight excluding hydrogens is 503 g/mol. The minimum atomic E-state index is -1.99. The van der Waals surface area contributed by atoms with Crippen molar-refractivity contribution in [1.29, 1.82) is 0 Å². The summed E-state index contributed by atoms with van der Waals surface area (Å²) >= 11 is -1.99. The number of unbranched alkanes of at least 4 members (excludes halogenated alkanes) is 18. The quantitative estimate of drug-likeness (QED) is 0.0716. The molecule has 0 bridgehead atoms. The molecule has 0 atom stereocenters. The number of hydrogen-bond donors (Lipinski definition) is 0. The molecule has 200 valence electrons. The Morgan fingerprint density at radius 3 is 0.848 bits per heavy atom. The van der Waals surface area contributed by atoms with E-state index in [1.807, 2.05) is 0 Å². The van der Waals surface area contributed by atoms with Crippen LogP contribution in [0.5, 0.6) is 0 Å². The number of rotatable bonds is 26. The standard InChI is InChI=1S/2C12H25.2C4H9.Sn/c2*1-3-5-7-9-11-12-10-8-6-4-2;2*1-4(2)3;/h2*1,3-12H2,2H3;2*4H,1H2,2-3H3;. The van der Waals surface area contributed by atoms with Crippen molar-refractivity contribution in [2.75, 3.05) is 0 Å². The predicted octanol–water partition coefficient (Wildman–Crippen LogP) is 12.6. The fourth-order valence-corrected chi connectivity index (χ4v) is 25.4. The van der Waals surface area contributed by atoms with Crippen LogP contribution in [0.15, 0.2) is 0 Å². The molecule has 0 aromatic carbocycles. The van der Waals surface area contributed by atoms with E-state index in [1.165, 1.54) is 116 Å². The van der Waals surface area contributed by atoms with Gasteiger partial charge in [-0.15, -0.1) is 0 Å². The van der Waals surface area contributed by atoms with Gasteiger partial charge in [-0.1, -0.05) is 0 Å². The van der Waals surface area contributed by atoms with Crippen molar-refractivity contribution in [2.45, 2.75) is 188 Å². The van der Waals surface area contributed by atoms with Crippen LogP contribution in [-0.4, -0.2) is 18.4 Å². The van der Waals surface area contributed by atoms with E-state index in [4.69, 9.17) is 0 Å². The molecule has 0 aliphatic heterocycles. The SMILES string of the molecule is CCCCCCCCCCC[CH2][Sn]([CH2]CCCCCCCCCCC)([CH2]C(C)C)[CH2]C(C)C. The summed E-state index contributed by atoms with van der Waals surface area (Å²) in [4.78, 5) is 0. The Balaban J connectivity index is 4.21. The summed E-state index contributed by atoms with van der Waals surface area (Å²) in [6.45, 7) is 14.7. The Kier molecular flexibility index (Phi) is 25.1. The average Bonchev–Trinajstić information content (AvgIpc) is 2.75. The number of hydrogen-bond acceptors (Lipinski definition) is 0. The molecule has 0 aliphatic rings. The van der Waals surface area contributed by atoms with E-state index in [1.54, 1.807) is 30.6 Å². The summed E-state index contributed by atoms with van der Waals surface area (Å²) < 4.78 is 6.75. The first-order valence-corrected chi connectivity index (χ1v) is 24.0. The zero-order chi connectivity index (χ0) is 24.6. The molecular formula is C32H68Sn. The molecule has 0 amide bonds. The minimum absolute atomic E-state index is 0.936. The van der Waals surface area contributed by atoms with Crippen LogP contribution in [0, 0.1) is 11.8 Å². The summed E-state index contributed by atoms with van der Waals surface area (Å²) in [6, 6.07) is 0. The van der Waals surface area contributed by atoms with Crippen LogP contribution in [0.3, 0.4) is 0 Å². The third kappa shape index (κ3) is 23.0. The molecule has 0 heterocycles. The summed E-state index contributed by atoms with van der Waals surface area (Å²) in [5.74, 6) is 1.87. The van der Waals surface area contributed by atoms with Crippen LogP contribution in [0.1, 0.15) is 170 Å². The fraction of sp³-hybridized carbons (Fsp3) is 1.00. The second-order valence-corrected chi connectivity index (χ2v) is 26.3. The van der Waals surface area contributed by atoms with Gasteiger partial charge in [0.25, 0.3) is 0 Å². The molecule has 0 aromatic heterocycles. The van der Waals surface area contributed by atoms with Crippen LogP contribution >= 0.6 is 0 Å². The van der Waals surface area contributed by atoms with Crippen LogP contribution in [-0.2, 0) is 0 Å². The van der Waals surface area contributed by atoms with Crippen LogP contribution in [0.4, 0.5) is 0 Å². The van der Waals surface area contributed by atoms with E-state index in [0.29, 0.717) is 0 Å². The monoisotopic (exact) mass is 572 g/mol. The molecule has 0 rings (SSSR count). The molecule has 0 saturated carbocycles. The molecule has 0 saturated heterocycles. The van der Waals surface area contributed by atoms with Gasteiger partial charge in [0.05, 0.1) is 0 Å². The maximum absolute atomic E-state index is 2.52. The van der Waals surface area contributed by atoms with E-state index in [2.05, 4.69) is 41.5 Å². The molecule has 0 nitrogen and oxygen atoms in total.